The Morgan fingerprint density at radius 2 is 2.16 bits per heavy atom. The maximum absolute atomic E-state index is 11.5. The first-order chi connectivity index (χ1) is 9.00. The van der Waals surface area contributed by atoms with E-state index in [2.05, 4.69) is 10.6 Å². The Balaban J connectivity index is 2.20. The largest absolute Gasteiger partial charge is 0.391 e. The van der Waals surface area contributed by atoms with E-state index in [-0.39, 0.29) is 0 Å². The third kappa shape index (κ3) is 5.66. The minimum absolute atomic E-state index is 0.310. The molecule has 1 saturated heterocycles. The lowest BCUT2D eigenvalue weighted by atomic mass is 10.1. The molecule has 1 aliphatic rings. The molecular formula is C11H20N4O4. The Hall–Kier alpha value is -1.67. The Kier molecular flexibility index (Phi) is 6.23. The monoisotopic (exact) mass is 272 g/mol. The van der Waals surface area contributed by atoms with Crippen LogP contribution >= 0.6 is 0 Å². The summed E-state index contributed by atoms with van der Waals surface area (Å²) in [7, 11) is 0. The number of nitrogens with two attached hydrogens (primary N) is 2. The average molecular weight is 272 g/mol. The maximum atomic E-state index is 11.5. The zero-order chi connectivity index (χ0) is 14.3. The predicted octanol–water partition coefficient (Wildman–Crippen LogP) is -1.42. The third-order valence-electron chi connectivity index (χ3n) is 2.84. The van der Waals surface area contributed by atoms with Gasteiger partial charge in [-0.05, 0) is 32.2 Å². The minimum atomic E-state index is -0.875. The van der Waals surface area contributed by atoms with Gasteiger partial charge in [0.05, 0.1) is 0 Å². The van der Waals surface area contributed by atoms with Crippen LogP contribution in [0.1, 0.15) is 25.7 Å². The van der Waals surface area contributed by atoms with E-state index in [0.717, 1.165) is 13.0 Å². The quantitative estimate of drug-likeness (QED) is 0.266. The van der Waals surface area contributed by atoms with Gasteiger partial charge in [0.1, 0.15) is 12.1 Å². The first kappa shape index (κ1) is 15.4. The number of carbonyl (C=O) groups excluding carboxylic acids is 3. The molecule has 0 saturated carbocycles. The number of carbonyl (C=O) groups is 3. The van der Waals surface area contributed by atoms with E-state index in [0.29, 0.717) is 25.8 Å². The number of ether oxygens (including phenoxy) is 1. The van der Waals surface area contributed by atoms with Gasteiger partial charge in [-0.3, -0.25) is 0 Å². The number of rotatable bonds is 6. The molecule has 1 rings (SSSR count). The van der Waals surface area contributed by atoms with Crippen LogP contribution in [0, 0.1) is 0 Å². The van der Waals surface area contributed by atoms with Gasteiger partial charge in [0, 0.05) is 6.54 Å². The van der Waals surface area contributed by atoms with Crippen LogP contribution in [0.15, 0.2) is 0 Å². The van der Waals surface area contributed by atoms with Gasteiger partial charge in [-0.2, -0.15) is 0 Å². The summed E-state index contributed by atoms with van der Waals surface area (Å²) in [5.74, 6) is -1.31. The normalized spacial score (nSPS) is 19.7. The molecule has 108 valence electrons. The summed E-state index contributed by atoms with van der Waals surface area (Å²) in [5, 5.41) is 5.32. The van der Waals surface area contributed by atoms with Crippen molar-refractivity contribution in [2.24, 2.45) is 11.5 Å². The van der Waals surface area contributed by atoms with E-state index in [1.54, 1.807) is 0 Å². The van der Waals surface area contributed by atoms with Crippen molar-refractivity contribution < 1.29 is 19.1 Å². The summed E-state index contributed by atoms with van der Waals surface area (Å²) in [5.41, 5.74) is 10.5. The second-order valence-electron chi connectivity index (χ2n) is 4.43. The van der Waals surface area contributed by atoms with Crippen molar-refractivity contribution >= 4 is 18.0 Å². The van der Waals surface area contributed by atoms with Gasteiger partial charge in [0.25, 0.3) is 0 Å². The van der Waals surface area contributed by atoms with E-state index in [1.807, 2.05) is 0 Å². The standard InChI is InChI=1S/C11H20N4O4/c12-7(3-1-6-15-11(13)18)9(16)19-10(17)8-4-2-5-14-8/h7-8,14H,1-6,12H2,(H3,13,15,18)/t7-,8-/m0/s1. The highest BCUT2D eigenvalue weighted by atomic mass is 16.6. The molecule has 19 heavy (non-hydrogen) atoms. The van der Waals surface area contributed by atoms with Crippen LogP contribution in [0.25, 0.3) is 0 Å². The van der Waals surface area contributed by atoms with Gasteiger partial charge in [-0.15, -0.1) is 0 Å². The van der Waals surface area contributed by atoms with Gasteiger partial charge in [0.2, 0.25) is 0 Å². The Morgan fingerprint density at radius 1 is 1.42 bits per heavy atom. The van der Waals surface area contributed by atoms with Gasteiger partial charge < -0.3 is 26.8 Å². The third-order valence-corrected chi connectivity index (χ3v) is 2.84. The number of nitrogens with one attached hydrogen (secondary N) is 2. The number of primary amides is 1. The second kappa shape index (κ2) is 7.70. The Labute approximate surface area is 111 Å². The maximum Gasteiger partial charge on any atom is 0.330 e. The van der Waals surface area contributed by atoms with Crippen LogP contribution in [-0.2, 0) is 14.3 Å². The predicted molar refractivity (Wildman–Crippen MR) is 66.9 cm³/mol. The number of hydrogen-bond donors (Lipinski definition) is 4. The van der Waals surface area contributed by atoms with E-state index in [4.69, 9.17) is 16.2 Å². The zero-order valence-corrected chi connectivity index (χ0v) is 10.7. The van der Waals surface area contributed by atoms with Crippen LogP contribution in [0.3, 0.4) is 0 Å². The summed E-state index contributed by atoms with van der Waals surface area (Å²) in [6, 6.07) is -1.91. The molecule has 0 aliphatic carbocycles. The summed E-state index contributed by atoms with van der Waals surface area (Å²) < 4.78 is 4.70. The molecule has 2 amide bonds. The summed E-state index contributed by atoms with van der Waals surface area (Å²) in [4.78, 5) is 33.5. The van der Waals surface area contributed by atoms with Crippen molar-refractivity contribution in [3.63, 3.8) is 0 Å². The van der Waals surface area contributed by atoms with Crippen molar-refractivity contribution in [3.8, 4) is 0 Å². The van der Waals surface area contributed by atoms with Crippen molar-refractivity contribution in [3.05, 3.63) is 0 Å². The van der Waals surface area contributed by atoms with Crippen molar-refractivity contribution in [2.75, 3.05) is 13.1 Å². The highest BCUT2D eigenvalue weighted by Gasteiger charge is 2.27. The topological polar surface area (TPSA) is 137 Å². The van der Waals surface area contributed by atoms with Gasteiger partial charge >= 0.3 is 18.0 Å². The molecule has 0 bridgehead atoms. The molecule has 2 atom stereocenters. The number of amides is 2. The van der Waals surface area contributed by atoms with Gasteiger partial charge in [0.15, 0.2) is 0 Å². The minimum Gasteiger partial charge on any atom is -0.391 e. The van der Waals surface area contributed by atoms with E-state index in [1.165, 1.54) is 0 Å². The molecule has 6 N–H and O–H groups in total. The smallest absolute Gasteiger partial charge is 0.330 e. The molecule has 0 unspecified atom stereocenters. The Morgan fingerprint density at radius 3 is 2.74 bits per heavy atom. The molecule has 0 aromatic carbocycles. The lowest BCUT2D eigenvalue weighted by molar-refractivity contribution is -0.162. The van der Waals surface area contributed by atoms with Crippen molar-refractivity contribution in [2.45, 2.75) is 37.8 Å². The molecule has 8 nitrogen and oxygen atoms in total. The second-order valence-corrected chi connectivity index (χ2v) is 4.43. The van der Waals surface area contributed by atoms with Crippen LogP contribution in [0.5, 0.6) is 0 Å². The summed E-state index contributed by atoms with van der Waals surface area (Å²) in [6.07, 6.45) is 2.35. The van der Waals surface area contributed by atoms with Crippen LogP contribution in [0.2, 0.25) is 0 Å². The Bertz CT molecular complexity index is 342. The average Bonchev–Trinajstić information content (AvgIpc) is 2.87. The van der Waals surface area contributed by atoms with Crippen LogP contribution < -0.4 is 22.1 Å². The molecule has 1 aliphatic heterocycles. The first-order valence-electron chi connectivity index (χ1n) is 6.28. The first-order valence-corrected chi connectivity index (χ1v) is 6.28. The van der Waals surface area contributed by atoms with Crippen molar-refractivity contribution in [1.82, 2.24) is 10.6 Å². The van der Waals surface area contributed by atoms with Crippen LogP contribution in [0.4, 0.5) is 4.79 Å². The van der Waals surface area contributed by atoms with Crippen molar-refractivity contribution in [1.29, 1.82) is 0 Å². The highest BCUT2D eigenvalue weighted by molar-refractivity contribution is 5.90. The van der Waals surface area contributed by atoms with E-state index in [9.17, 15) is 14.4 Å². The lowest BCUT2D eigenvalue weighted by Crippen LogP contribution is -2.40. The van der Waals surface area contributed by atoms with Gasteiger partial charge in [-0.25, -0.2) is 14.4 Å². The number of hydrogen-bond acceptors (Lipinski definition) is 6. The molecule has 0 spiro atoms. The lowest BCUT2D eigenvalue weighted by Gasteiger charge is -2.13. The number of urea groups is 1. The zero-order valence-electron chi connectivity index (χ0n) is 10.7. The molecule has 1 fully saturated rings. The molecular weight excluding hydrogens is 252 g/mol. The SMILES string of the molecule is NC(=O)NCCC[C@H](N)C(=O)OC(=O)[C@@H]1CCCN1. The van der Waals surface area contributed by atoms with E-state index < -0.39 is 30.1 Å². The van der Waals surface area contributed by atoms with Crippen LogP contribution in [-0.4, -0.2) is 43.1 Å². The number of esters is 2. The fourth-order valence-corrected chi connectivity index (χ4v) is 1.78. The summed E-state index contributed by atoms with van der Waals surface area (Å²) in [6.45, 7) is 1.08. The molecule has 1 heterocycles. The fraction of sp³-hybridized carbons (Fsp3) is 0.727. The van der Waals surface area contributed by atoms with E-state index >= 15 is 0 Å². The molecule has 0 aromatic rings. The van der Waals surface area contributed by atoms with Gasteiger partial charge in [-0.1, -0.05) is 0 Å². The highest BCUT2D eigenvalue weighted by Crippen LogP contribution is 2.07. The summed E-state index contributed by atoms with van der Waals surface area (Å²) >= 11 is 0. The molecule has 0 aromatic heterocycles. The molecule has 0 radical (unpaired) electrons. The fourth-order valence-electron chi connectivity index (χ4n) is 1.78. The molecule has 8 heteroatoms.